The predicted molar refractivity (Wildman–Crippen MR) is 74.8 cm³/mol. The van der Waals surface area contributed by atoms with Crippen molar-refractivity contribution in [1.82, 2.24) is 10.3 Å². The number of hydrogen-bond acceptors (Lipinski definition) is 4. The van der Waals surface area contributed by atoms with Crippen molar-refractivity contribution < 1.29 is 5.11 Å². The molecule has 1 unspecified atom stereocenters. The van der Waals surface area contributed by atoms with Crippen LogP contribution in [0.25, 0.3) is 0 Å². The molecule has 1 aromatic carbocycles. The smallest absolute Gasteiger partial charge is 0.0797 e. The molecular formula is C14H18N2OS. The van der Waals surface area contributed by atoms with Crippen LogP contribution in [0.15, 0.2) is 35.8 Å². The molecule has 96 valence electrons. The number of nitrogens with zero attached hydrogens (tertiary/aromatic N) is 1. The Morgan fingerprint density at radius 3 is 2.72 bits per heavy atom. The van der Waals surface area contributed by atoms with Gasteiger partial charge in [0.15, 0.2) is 0 Å². The zero-order valence-electron chi connectivity index (χ0n) is 10.5. The summed E-state index contributed by atoms with van der Waals surface area (Å²) < 4.78 is 0. The summed E-state index contributed by atoms with van der Waals surface area (Å²) in [4.78, 5) is 5.55. The topological polar surface area (TPSA) is 45.2 Å². The molecular weight excluding hydrogens is 244 g/mol. The first kappa shape index (κ1) is 13.2. The molecule has 1 heterocycles. The Morgan fingerprint density at radius 1 is 1.33 bits per heavy atom. The van der Waals surface area contributed by atoms with Crippen LogP contribution in [0, 0.1) is 6.92 Å². The fourth-order valence-corrected chi connectivity index (χ4v) is 2.68. The van der Waals surface area contributed by atoms with Gasteiger partial charge in [-0.05, 0) is 18.9 Å². The summed E-state index contributed by atoms with van der Waals surface area (Å²) in [6, 6.07) is 10.1. The zero-order chi connectivity index (χ0) is 12.8. The lowest BCUT2D eigenvalue weighted by Gasteiger charge is -2.16. The molecule has 2 rings (SSSR count). The number of nitrogens with one attached hydrogen (secondary N) is 1. The average Bonchev–Trinajstić information content (AvgIpc) is 2.81. The quantitative estimate of drug-likeness (QED) is 0.840. The fourth-order valence-electron chi connectivity index (χ4n) is 1.90. The minimum atomic E-state index is 0.0134. The third kappa shape index (κ3) is 3.38. The van der Waals surface area contributed by atoms with Gasteiger partial charge in [-0.1, -0.05) is 30.3 Å². The highest BCUT2D eigenvalue weighted by Gasteiger charge is 2.09. The van der Waals surface area contributed by atoms with Gasteiger partial charge in [-0.2, -0.15) is 0 Å². The maximum absolute atomic E-state index is 9.42. The molecule has 0 aliphatic rings. The van der Waals surface area contributed by atoms with E-state index in [2.05, 4.69) is 10.3 Å². The van der Waals surface area contributed by atoms with Crippen LogP contribution in [0.2, 0.25) is 0 Å². The van der Waals surface area contributed by atoms with Crippen LogP contribution in [-0.2, 0) is 6.42 Å². The third-order valence-corrected chi connectivity index (χ3v) is 3.97. The number of thiazole rings is 1. The van der Waals surface area contributed by atoms with Gasteiger partial charge in [-0.25, -0.2) is 4.98 Å². The Labute approximate surface area is 112 Å². The number of benzene rings is 1. The molecule has 0 saturated heterocycles. The highest BCUT2D eigenvalue weighted by Crippen LogP contribution is 2.14. The van der Waals surface area contributed by atoms with Crippen molar-refractivity contribution in [2.75, 3.05) is 13.2 Å². The van der Waals surface area contributed by atoms with Gasteiger partial charge < -0.3 is 10.4 Å². The standard InChI is InChI=1S/C14H18N2OS/c1-11-14(18-10-16-11)7-8-15-13(9-17)12-5-3-2-4-6-12/h2-6,10,13,15,17H,7-9H2,1H3. The molecule has 0 aliphatic carbocycles. The van der Waals surface area contributed by atoms with Crippen LogP contribution in [0.3, 0.4) is 0 Å². The second kappa shape index (κ2) is 6.64. The van der Waals surface area contributed by atoms with Crippen molar-refractivity contribution in [3.05, 3.63) is 52.0 Å². The number of rotatable bonds is 6. The molecule has 0 saturated carbocycles. The van der Waals surface area contributed by atoms with Gasteiger partial charge in [0.1, 0.15) is 0 Å². The van der Waals surface area contributed by atoms with E-state index in [9.17, 15) is 5.11 Å². The van der Waals surface area contributed by atoms with Crippen molar-refractivity contribution >= 4 is 11.3 Å². The zero-order valence-corrected chi connectivity index (χ0v) is 11.3. The van der Waals surface area contributed by atoms with Crippen LogP contribution >= 0.6 is 11.3 Å². The van der Waals surface area contributed by atoms with E-state index in [1.54, 1.807) is 11.3 Å². The maximum Gasteiger partial charge on any atom is 0.0797 e. The summed E-state index contributed by atoms with van der Waals surface area (Å²) in [5, 5.41) is 12.8. The van der Waals surface area contributed by atoms with Crippen molar-refractivity contribution in [3.63, 3.8) is 0 Å². The van der Waals surface area contributed by atoms with E-state index in [4.69, 9.17) is 0 Å². The monoisotopic (exact) mass is 262 g/mol. The van der Waals surface area contributed by atoms with E-state index in [0.717, 1.165) is 24.2 Å². The van der Waals surface area contributed by atoms with E-state index < -0.39 is 0 Å². The highest BCUT2D eigenvalue weighted by molar-refractivity contribution is 7.09. The number of aromatic nitrogens is 1. The van der Waals surface area contributed by atoms with Crippen LogP contribution in [-0.4, -0.2) is 23.2 Å². The molecule has 1 atom stereocenters. The van der Waals surface area contributed by atoms with Crippen LogP contribution in [0.4, 0.5) is 0 Å². The van der Waals surface area contributed by atoms with Crippen LogP contribution in [0.5, 0.6) is 0 Å². The normalized spacial score (nSPS) is 12.6. The lowest BCUT2D eigenvalue weighted by Crippen LogP contribution is -2.26. The van der Waals surface area contributed by atoms with E-state index >= 15 is 0 Å². The van der Waals surface area contributed by atoms with E-state index in [1.807, 2.05) is 42.8 Å². The molecule has 2 aromatic rings. The molecule has 1 aromatic heterocycles. The summed E-state index contributed by atoms with van der Waals surface area (Å²) in [7, 11) is 0. The van der Waals surface area contributed by atoms with Crippen LogP contribution in [0.1, 0.15) is 22.2 Å². The lowest BCUT2D eigenvalue weighted by atomic mass is 10.1. The number of aliphatic hydroxyl groups excluding tert-OH is 1. The van der Waals surface area contributed by atoms with Gasteiger partial charge in [-0.3, -0.25) is 0 Å². The average molecular weight is 262 g/mol. The summed E-state index contributed by atoms with van der Waals surface area (Å²) in [5.74, 6) is 0. The van der Waals surface area contributed by atoms with Crippen molar-refractivity contribution in [2.45, 2.75) is 19.4 Å². The lowest BCUT2D eigenvalue weighted by molar-refractivity contribution is 0.245. The first-order chi connectivity index (χ1) is 8.81. The van der Waals surface area contributed by atoms with Gasteiger partial charge in [-0.15, -0.1) is 11.3 Å². The van der Waals surface area contributed by atoms with Gasteiger partial charge >= 0.3 is 0 Å². The number of hydrogen-bond donors (Lipinski definition) is 2. The Balaban J connectivity index is 1.87. The first-order valence-electron chi connectivity index (χ1n) is 6.09. The second-order valence-corrected chi connectivity index (χ2v) is 5.15. The molecule has 0 amide bonds. The molecule has 0 radical (unpaired) electrons. The fraction of sp³-hybridized carbons (Fsp3) is 0.357. The Hall–Kier alpha value is -1.23. The molecule has 3 nitrogen and oxygen atoms in total. The summed E-state index contributed by atoms with van der Waals surface area (Å²) in [5.41, 5.74) is 4.12. The van der Waals surface area contributed by atoms with Gasteiger partial charge in [0.2, 0.25) is 0 Å². The van der Waals surface area contributed by atoms with E-state index in [-0.39, 0.29) is 12.6 Å². The van der Waals surface area contributed by atoms with Crippen molar-refractivity contribution in [3.8, 4) is 0 Å². The molecule has 0 fully saturated rings. The summed E-state index contributed by atoms with van der Waals surface area (Å²) in [6.07, 6.45) is 0.958. The first-order valence-corrected chi connectivity index (χ1v) is 6.97. The molecule has 2 N–H and O–H groups in total. The van der Waals surface area contributed by atoms with Crippen LogP contribution < -0.4 is 5.32 Å². The van der Waals surface area contributed by atoms with Gasteiger partial charge in [0.25, 0.3) is 0 Å². The van der Waals surface area contributed by atoms with Crippen molar-refractivity contribution in [1.29, 1.82) is 0 Å². The van der Waals surface area contributed by atoms with Gasteiger partial charge in [0, 0.05) is 11.4 Å². The maximum atomic E-state index is 9.42. The van der Waals surface area contributed by atoms with Crippen molar-refractivity contribution in [2.24, 2.45) is 0 Å². The SMILES string of the molecule is Cc1ncsc1CCNC(CO)c1ccccc1. The number of aliphatic hydroxyl groups is 1. The summed E-state index contributed by atoms with van der Waals surface area (Å²) >= 11 is 1.69. The largest absolute Gasteiger partial charge is 0.394 e. The van der Waals surface area contributed by atoms with E-state index in [0.29, 0.717) is 0 Å². The van der Waals surface area contributed by atoms with Gasteiger partial charge in [0.05, 0.1) is 23.9 Å². The van der Waals surface area contributed by atoms with E-state index in [1.165, 1.54) is 4.88 Å². The highest BCUT2D eigenvalue weighted by atomic mass is 32.1. The number of aryl methyl sites for hydroxylation is 1. The minimum absolute atomic E-state index is 0.0134. The molecule has 18 heavy (non-hydrogen) atoms. The molecule has 4 heteroatoms. The second-order valence-electron chi connectivity index (χ2n) is 4.21. The Kier molecular flexibility index (Phi) is 4.87. The molecule has 0 aliphatic heterocycles. The predicted octanol–water partition coefficient (Wildman–Crippen LogP) is 2.32. The molecule has 0 spiro atoms. The third-order valence-electron chi connectivity index (χ3n) is 2.97. The minimum Gasteiger partial charge on any atom is -0.394 e. The summed E-state index contributed by atoms with van der Waals surface area (Å²) in [6.45, 7) is 3.00. The Morgan fingerprint density at radius 2 is 2.11 bits per heavy atom. The molecule has 0 bridgehead atoms. The Bertz CT molecular complexity index is 470.